The first-order valence-corrected chi connectivity index (χ1v) is 12.1. The summed E-state index contributed by atoms with van der Waals surface area (Å²) in [6.45, 7) is 0.991. The van der Waals surface area contributed by atoms with Gasteiger partial charge in [-0.3, -0.25) is 0 Å². The number of benzene rings is 2. The van der Waals surface area contributed by atoms with Crippen LogP contribution in [0.4, 0.5) is 5.82 Å². The molecule has 8 nitrogen and oxygen atoms in total. The van der Waals surface area contributed by atoms with Crippen LogP contribution in [-0.4, -0.2) is 33.4 Å². The monoisotopic (exact) mass is 525 g/mol. The fourth-order valence-corrected chi connectivity index (χ4v) is 5.48. The molecule has 4 aliphatic rings. The molecule has 3 heterocycles. The second-order valence-electron chi connectivity index (χ2n) is 8.18. The first-order chi connectivity index (χ1) is 16.0. The van der Waals surface area contributed by atoms with E-state index in [1.807, 2.05) is 24.3 Å². The van der Waals surface area contributed by atoms with Crippen molar-refractivity contribution in [2.24, 2.45) is 0 Å². The quantitative estimate of drug-likeness (QED) is 0.385. The van der Waals surface area contributed by atoms with Crippen LogP contribution in [-0.2, 0) is 12.0 Å². The molecule has 2 aromatic carbocycles. The lowest BCUT2D eigenvalue weighted by molar-refractivity contribution is 0.174. The van der Waals surface area contributed by atoms with Crippen molar-refractivity contribution in [1.29, 1.82) is 0 Å². The normalized spacial score (nSPS) is 15.7. The summed E-state index contributed by atoms with van der Waals surface area (Å²) in [6, 6.07) is 12.1. The molecular formula is C23H20BrN5O3S. The predicted molar refractivity (Wildman–Crippen MR) is 127 cm³/mol. The van der Waals surface area contributed by atoms with Crippen molar-refractivity contribution in [3.05, 3.63) is 52.8 Å². The molecule has 6 rings (SSSR count). The van der Waals surface area contributed by atoms with E-state index in [0.717, 1.165) is 46.1 Å². The van der Waals surface area contributed by atoms with Gasteiger partial charge in [0.1, 0.15) is 5.75 Å². The number of imidazole rings is 1. The number of hydrogen-bond donors (Lipinski definition) is 1. The molecule has 1 fully saturated rings. The van der Waals surface area contributed by atoms with Crippen LogP contribution in [0, 0.1) is 0 Å². The van der Waals surface area contributed by atoms with E-state index in [-0.39, 0.29) is 12.2 Å². The SMILES string of the molecule is COc1ccc(C2(Cn3cnc(N)c4nc(Sc5cc6c(cc5Br)OCO6)nc3-4)CC2)cc1. The van der Waals surface area contributed by atoms with Gasteiger partial charge in [-0.2, -0.15) is 0 Å². The highest BCUT2D eigenvalue weighted by molar-refractivity contribution is 9.10. The van der Waals surface area contributed by atoms with Crippen LogP contribution in [0.2, 0.25) is 0 Å². The fraction of sp³-hybridized carbons (Fsp3) is 0.261. The van der Waals surface area contributed by atoms with Gasteiger partial charge in [0.2, 0.25) is 6.79 Å². The van der Waals surface area contributed by atoms with Crippen LogP contribution in [0.25, 0.3) is 11.5 Å². The summed E-state index contributed by atoms with van der Waals surface area (Å²) < 4.78 is 19.2. The minimum atomic E-state index is 0.0638. The van der Waals surface area contributed by atoms with Gasteiger partial charge < -0.3 is 24.5 Å². The molecule has 0 unspecified atom stereocenters. The van der Waals surface area contributed by atoms with Crippen LogP contribution < -0.4 is 19.9 Å². The average molecular weight is 526 g/mol. The second kappa shape index (κ2) is 7.81. The van der Waals surface area contributed by atoms with Crippen molar-refractivity contribution in [2.75, 3.05) is 19.6 Å². The predicted octanol–water partition coefficient (Wildman–Crippen LogP) is 4.74. The molecule has 33 heavy (non-hydrogen) atoms. The highest BCUT2D eigenvalue weighted by Gasteiger charge is 2.45. The van der Waals surface area contributed by atoms with Crippen molar-refractivity contribution in [2.45, 2.75) is 34.9 Å². The first kappa shape index (κ1) is 20.6. The molecule has 10 heteroatoms. The lowest BCUT2D eigenvalue weighted by Crippen LogP contribution is -2.19. The summed E-state index contributed by atoms with van der Waals surface area (Å²) in [5.41, 5.74) is 8.13. The van der Waals surface area contributed by atoms with E-state index in [1.165, 1.54) is 17.3 Å². The van der Waals surface area contributed by atoms with E-state index < -0.39 is 0 Å². The minimum Gasteiger partial charge on any atom is -0.497 e. The Hall–Kier alpha value is -2.98. The van der Waals surface area contributed by atoms with E-state index in [1.54, 1.807) is 13.4 Å². The number of methoxy groups -OCH3 is 1. The van der Waals surface area contributed by atoms with Gasteiger partial charge in [0, 0.05) is 21.3 Å². The van der Waals surface area contributed by atoms with E-state index in [0.29, 0.717) is 22.4 Å². The summed E-state index contributed by atoms with van der Waals surface area (Å²) in [5, 5.41) is 0.604. The van der Waals surface area contributed by atoms with E-state index in [2.05, 4.69) is 42.6 Å². The van der Waals surface area contributed by atoms with E-state index in [4.69, 9.17) is 24.9 Å². The van der Waals surface area contributed by atoms with Gasteiger partial charge in [0.15, 0.2) is 34.0 Å². The third-order valence-electron chi connectivity index (χ3n) is 6.13. The molecule has 0 saturated heterocycles. The Morgan fingerprint density at radius 1 is 1.15 bits per heavy atom. The lowest BCUT2D eigenvalue weighted by atomic mass is 9.95. The maximum Gasteiger partial charge on any atom is 0.231 e. The summed E-state index contributed by atoms with van der Waals surface area (Å²) in [7, 11) is 1.68. The van der Waals surface area contributed by atoms with E-state index in [9.17, 15) is 0 Å². The van der Waals surface area contributed by atoms with Crippen LogP contribution in [0.15, 0.2) is 57.3 Å². The maximum atomic E-state index is 6.16. The molecule has 2 N–H and O–H groups in total. The van der Waals surface area contributed by atoms with Crippen molar-refractivity contribution >= 4 is 33.5 Å². The number of nitrogens with two attached hydrogens (primary N) is 1. The molecule has 0 spiro atoms. The van der Waals surface area contributed by atoms with Gasteiger partial charge >= 0.3 is 0 Å². The highest BCUT2D eigenvalue weighted by atomic mass is 79.9. The minimum absolute atomic E-state index is 0.0638. The van der Waals surface area contributed by atoms with Gasteiger partial charge in [-0.1, -0.05) is 12.1 Å². The van der Waals surface area contributed by atoms with Gasteiger partial charge in [0.25, 0.3) is 0 Å². The molecule has 2 aromatic rings. The Morgan fingerprint density at radius 2 is 1.91 bits per heavy atom. The molecule has 0 radical (unpaired) electrons. The van der Waals surface area contributed by atoms with Gasteiger partial charge in [-0.15, -0.1) is 0 Å². The molecule has 168 valence electrons. The number of halogens is 1. The molecule has 1 aliphatic carbocycles. The average Bonchev–Trinajstić information content (AvgIpc) is 3.24. The fourth-order valence-electron chi connectivity index (χ4n) is 4.13. The maximum absolute atomic E-state index is 6.16. The Morgan fingerprint density at radius 3 is 2.64 bits per heavy atom. The highest BCUT2D eigenvalue weighted by Crippen LogP contribution is 2.50. The number of fused-ring (bicyclic) bond motifs is 2. The summed E-state index contributed by atoms with van der Waals surface area (Å²) in [5.74, 6) is 3.40. The number of anilines is 1. The number of ether oxygens (including phenoxy) is 3. The van der Waals surface area contributed by atoms with Crippen molar-refractivity contribution in [3.63, 3.8) is 0 Å². The number of nitrogen functional groups attached to an aromatic ring is 1. The Kier molecular flexibility index (Phi) is 4.88. The zero-order valence-electron chi connectivity index (χ0n) is 17.7. The number of hydrogen-bond acceptors (Lipinski definition) is 8. The van der Waals surface area contributed by atoms with Gasteiger partial charge in [-0.05, 0) is 70.4 Å². The van der Waals surface area contributed by atoms with Crippen molar-refractivity contribution < 1.29 is 14.2 Å². The number of rotatable bonds is 6. The molecule has 0 bridgehead atoms. The summed E-state index contributed by atoms with van der Waals surface area (Å²) in [6.07, 6.45) is 3.98. The lowest BCUT2D eigenvalue weighted by Gasteiger charge is -2.20. The molecular weight excluding hydrogens is 506 g/mol. The van der Waals surface area contributed by atoms with E-state index >= 15 is 0 Å². The van der Waals surface area contributed by atoms with Crippen molar-refractivity contribution in [1.82, 2.24) is 19.5 Å². The summed E-state index contributed by atoms with van der Waals surface area (Å²) >= 11 is 5.04. The van der Waals surface area contributed by atoms with Crippen molar-refractivity contribution in [3.8, 4) is 28.8 Å². The largest absolute Gasteiger partial charge is 0.497 e. The second-order valence-corrected chi connectivity index (χ2v) is 10.0. The Labute approximate surface area is 203 Å². The smallest absolute Gasteiger partial charge is 0.231 e. The Bertz CT molecular complexity index is 1320. The Balaban J connectivity index is 1.32. The summed E-state index contributed by atoms with van der Waals surface area (Å²) in [4.78, 5) is 14.8. The number of nitrogens with zero attached hydrogens (tertiary/aromatic N) is 4. The van der Waals surface area contributed by atoms with Crippen LogP contribution in [0.3, 0.4) is 0 Å². The van der Waals surface area contributed by atoms with Gasteiger partial charge in [0.05, 0.1) is 13.4 Å². The molecule has 0 aromatic heterocycles. The molecule has 1 saturated carbocycles. The molecule has 0 atom stereocenters. The zero-order valence-corrected chi connectivity index (χ0v) is 20.1. The first-order valence-electron chi connectivity index (χ1n) is 10.4. The third-order valence-corrected chi connectivity index (χ3v) is 7.97. The standard InChI is InChI=1S/C23H20BrN5O3S/c1-30-14-4-2-13(3-5-14)23(6-7-23)10-29-11-26-20(25)19-21(29)28-22(27-19)33-18-9-17-16(8-15(18)24)31-12-32-17/h2-5,8-9,11H,6-7,10,12,25H2,1H3. The molecule has 3 aliphatic heterocycles. The van der Waals surface area contributed by atoms with Crippen LogP contribution in [0.5, 0.6) is 17.2 Å². The molecule has 0 amide bonds. The topological polar surface area (TPSA) is 97.3 Å². The van der Waals surface area contributed by atoms with Gasteiger partial charge in [-0.25, -0.2) is 15.0 Å². The third kappa shape index (κ3) is 3.67. The van der Waals surface area contributed by atoms with Crippen LogP contribution in [0.1, 0.15) is 18.4 Å². The zero-order chi connectivity index (χ0) is 22.6. The van der Waals surface area contributed by atoms with Crippen LogP contribution >= 0.6 is 27.7 Å². The number of aromatic nitrogens is 4.